The highest BCUT2D eigenvalue weighted by Gasteiger charge is 2.22. The molecule has 1 aromatic heterocycles. The molecule has 0 bridgehead atoms. The van der Waals surface area contributed by atoms with E-state index in [4.69, 9.17) is 5.11 Å². The summed E-state index contributed by atoms with van der Waals surface area (Å²) < 4.78 is 39.0. The van der Waals surface area contributed by atoms with E-state index in [9.17, 15) is 27.8 Å². The molecular weight excluding hydrogens is 453 g/mol. The van der Waals surface area contributed by atoms with Crippen LogP contribution in [0.2, 0.25) is 0 Å². The molecule has 33 heavy (non-hydrogen) atoms. The van der Waals surface area contributed by atoms with Crippen LogP contribution in [0.5, 0.6) is 0 Å². The molecule has 2 atom stereocenters. The molecule has 0 spiro atoms. The molecule has 2 aromatic rings. The predicted octanol–water partition coefficient (Wildman–Crippen LogP) is 2.40. The largest absolute Gasteiger partial charge is 0.481 e. The summed E-state index contributed by atoms with van der Waals surface area (Å²) in [5.74, 6) is -1.98. The number of aliphatic hydroxyl groups is 2. The minimum atomic E-state index is -3.67. The number of carboxylic acid groups (broad SMARTS) is 1. The smallest absolute Gasteiger partial charge is 0.305 e. The molecular formula is C22H28FN3O6S. The Hall–Kier alpha value is -2.89. The Morgan fingerprint density at radius 2 is 1.91 bits per heavy atom. The average molecular weight is 482 g/mol. The summed E-state index contributed by atoms with van der Waals surface area (Å²) in [6, 6.07) is 5.62. The van der Waals surface area contributed by atoms with Gasteiger partial charge in [0.15, 0.2) is 0 Å². The van der Waals surface area contributed by atoms with E-state index in [1.165, 1.54) is 37.4 Å². The lowest BCUT2D eigenvalue weighted by Gasteiger charge is -2.20. The number of aromatic nitrogens is 2. The quantitative estimate of drug-likeness (QED) is 0.470. The van der Waals surface area contributed by atoms with E-state index < -0.39 is 40.4 Å². The van der Waals surface area contributed by atoms with Crippen molar-refractivity contribution in [2.24, 2.45) is 0 Å². The Labute approximate surface area is 192 Å². The van der Waals surface area contributed by atoms with E-state index in [2.05, 4.69) is 9.97 Å². The van der Waals surface area contributed by atoms with Gasteiger partial charge in [0.2, 0.25) is 16.0 Å². The molecule has 180 valence electrons. The summed E-state index contributed by atoms with van der Waals surface area (Å²) in [6.45, 7) is 3.68. The SMILES string of the molecule is CC(C)c1nc(N(C)S(C)(=O)=O)nc(-c2cccc(F)c2)c1/C=C/[C@@H](O)C[C@@H](O)CC(=O)O. The lowest BCUT2D eigenvalue weighted by molar-refractivity contribution is -0.139. The van der Waals surface area contributed by atoms with Gasteiger partial charge in [-0.2, -0.15) is 0 Å². The molecule has 0 amide bonds. The van der Waals surface area contributed by atoms with Gasteiger partial charge in [-0.25, -0.2) is 27.1 Å². The maximum Gasteiger partial charge on any atom is 0.305 e. The molecule has 11 heteroatoms. The fourth-order valence-electron chi connectivity index (χ4n) is 3.07. The summed E-state index contributed by atoms with van der Waals surface area (Å²) in [4.78, 5) is 19.5. The van der Waals surface area contributed by atoms with E-state index in [-0.39, 0.29) is 24.0 Å². The van der Waals surface area contributed by atoms with Crippen molar-refractivity contribution in [3.63, 3.8) is 0 Å². The number of carboxylic acids is 1. The van der Waals surface area contributed by atoms with Gasteiger partial charge in [-0.1, -0.05) is 38.1 Å². The van der Waals surface area contributed by atoms with Crippen LogP contribution in [0.15, 0.2) is 30.3 Å². The van der Waals surface area contributed by atoms with Gasteiger partial charge < -0.3 is 15.3 Å². The molecule has 3 N–H and O–H groups in total. The van der Waals surface area contributed by atoms with Gasteiger partial charge in [-0.15, -0.1) is 0 Å². The predicted molar refractivity (Wildman–Crippen MR) is 123 cm³/mol. The zero-order valence-corrected chi connectivity index (χ0v) is 19.6. The van der Waals surface area contributed by atoms with Crippen LogP contribution in [0.25, 0.3) is 17.3 Å². The number of hydrogen-bond acceptors (Lipinski definition) is 7. The summed E-state index contributed by atoms with van der Waals surface area (Å²) in [7, 11) is -2.35. The maximum atomic E-state index is 14.0. The molecule has 9 nitrogen and oxygen atoms in total. The Balaban J connectivity index is 2.63. The number of rotatable bonds is 10. The number of aliphatic carboxylic acids is 1. The summed E-state index contributed by atoms with van der Waals surface area (Å²) in [5.41, 5.74) is 1.54. The van der Waals surface area contributed by atoms with Crippen LogP contribution in [0.3, 0.4) is 0 Å². The lowest BCUT2D eigenvalue weighted by atomic mass is 9.97. The minimum Gasteiger partial charge on any atom is -0.481 e. The minimum absolute atomic E-state index is 0.0879. The van der Waals surface area contributed by atoms with Crippen LogP contribution in [0.4, 0.5) is 10.3 Å². The maximum absolute atomic E-state index is 14.0. The van der Waals surface area contributed by atoms with Gasteiger partial charge in [0.05, 0.1) is 36.3 Å². The van der Waals surface area contributed by atoms with E-state index >= 15 is 0 Å². The fraction of sp³-hybridized carbons (Fsp3) is 0.409. The van der Waals surface area contributed by atoms with Gasteiger partial charge >= 0.3 is 5.97 Å². The number of sulfonamides is 1. The molecule has 1 heterocycles. The number of aliphatic hydroxyl groups excluding tert-OH is 2. The second-order valence-corrected chi connectivity index (χ2v) is 9.99. The van der Waals surface area contributed by atoms with Crippen LogP contribution in [0.1, 0.15) is 43.9 Å². The highest BCUT2D eigenvalue weighted by molar-refractivity contribution is 7.92. The van der Waals surface area contributed by atoms with Crippen molar-refractivity contribution < 1.29 is 32.9 Å². The zero-order valence-electron chi connectivity index (χ0n) is 18.8. The molecule has 2 rings (SSSR count). The first-order valence-corrected chi connectivity index (χ1v) is 12.0. The number of nitrogens with zero attached hydrogens (tertiary/aromatic N) is 3. The molecule has 0 radical (unpaired) electrons. The standard InChI is InChI=1S/C22H28FN3O6S/c1-13(2)20-18(9-8-16(27)11-17(28)12-19(29)30)21(14-6-5-7-15(23)10-14)25-22(24-20)26(3)33(4,31)32/h5-10,13,16-17,27-28H,11-12H2,1-4H3,(H,29,30)/b9-8+/t16-,17-/m1/s1. The molecule has 1 aromatic carbocycles. The molecule has 0 aliphatic carbocycles. The number of anilines is 1. The van der Waals surface area contributed by atoms with E-state index in [0.717, 1.165) is 10.6 Å². The number of benzene rings is 1. The van der Waals surface area contributed by atoms with Gasteiger partial charge in [-0.05, 0) is 18.1 Å². The van der Waals surface area contributed by atoms with Crippen molar-refractivity contribution in [1.29, 1.82) is 0 Å². The van der Waals surface area contributed by atoms with Crippen molar-refractivity contribution in [2.45, 2.75) is 44.8 Å². The van der Waals surface area contributed by atoms with Crippen molar-refractivity contribution in [3.8, 4) is 11.3 Å². The normalized spacial score (nSPS) is 13.9. The molecule has 0 aliphatic rings. The van der Waals surface area contributed by atoms with Crippen LogP contribution in [0, 0.1) is 5.82 Å². The second-order valence-electron chi connectivity index (χ2n) is 7.98. The van der Waals surface area contributed by atoms with Crippen molar-refractivity contribution in [2.75, 3.05) is 17.6 Å². The molecule has 0 saturated carbocycles. The lowest BCUT2D eigenvalue weighted by Crippen LogP contribution is -2.27. The Kier molecular flexibility index (Phi) is 8.64. The first-order chi connectivity index (χ1) is 15.3. The third-order valence-corrected chi connectivity index (χ3v) is 5.95. The molecule has 0 fully saturated rings. The summed E-state index contributed by atoms with van der Waals surface area (Å²) >= 11 is 0. The van der Waals surface area contributed by atoms with Crippen LogP contribution >= 0.6 is 0 Å². The number of carbonyl (C=O) groups is 1. The highest BCUT2D eigenvalue weighted by Crippen LogP contribution is 2.32. The highest BCUT2D eigenvalue weighted by atomic mass is 32.2. The van der Waals surface area contributed by atoms with E-state index in [1.807, 2.05) is 13.8 Å². The third kappa shape index (κ3) is 7.31. The summed E-state index contributed by atoms with van der Waals surface area (Å²) in [6.07, 6.45) is 0.766. The molecule has 0 saturated heterocycles. The van der Waals surface area contributed by atoms with E-state index in [1.54, 1.807) is 6.07 Å². The average Bonchev–Trinajstić information content (AvgIpc) is 2.69. The summed E-state index contributed by atoms with van der Waals surface area (Å²) in [5, 5.41) is 28.8. The zero-order chi connectivity index (χ0) is 24.9. The van der Waals surface area contributed by atoms with Gasteiger partial charge in [0.25, 0.3) is 0 Å². The monoisotopic (exact) mass is 481 g/mol. The van der Waals surface area contributed by atoms with Crippen LogP contribution in [-0.4, -0.2) is 65.2 Å². The van der Waals surface area contributed by atoms with Crippen molar-refractivity contribution >= 4 is 28.0 Å². The molecule has 0 unspecified atom stereocenters. The number of hydrogen-bond donors (Lipinski definition) is 3. The van der Waals surface area contributed by atoms with Crippen molar-refractivity contribution in [1.82, 2.24) is 9.97 Å². The Morgan fingerprint density at radius 1 is 1.24 bits per heavy atom. The van der Waals surface area contributed by atoms with E-state index in [0.29, 0.717) is 16.8 Å². The first-order valence-electron chi connectivity index (χ1n) is 10.2. The Bertz CT molecular complexity index is 1140. The van der Waals surface area contributed by atoms with Gasteiger partial charge in [0, 0.05) is 24.6 Å². The van der Waals surface area contributed by atoms with Crippen molar-refractivity contribution in [3.05, 3.63) is 47.4 Å². The molecule has 0 aliphatic heterocycles. The van der Waals surface area contributed by atoms with Gasteiger partial charge in [0.1, 0.15) is 5.82 Å². The Morgan fingerprint density at radius 3 is 2.45 bits per heavy atom. The topological polar surface area (TPSA) is 141 Å². The van der Waals surface area contributed by atoms with Gasteiger partial charge in [-0.3, -0.25) is 4.79 Å². The fourth-order valence-corrected chi connectivity index (χ4v) is 3.45. The van der Waals surface area contributed by atoms with Crippen LogP contribution < -0.4 is 4.31 Å². The van der Waals surface area contributed by atoms with Crippen LogP contribution in [-0.2, 0) is 14.8 Å². The third-order valence-electron chi connectivity index (χ3n) is 4.80. The first kappa shape index (κ1) is 26.4. The second kappa shape index (κ2) is 10.8. The number of halogens is 1.